The van der Waals surface area contributed by atoms with Crippen molar-refractivity contribution >= 4 is 17.9 Å². The third kappa shape index (κ3) is 18.4. The Balaban J connectivity index is 0.000000298. The van der Waals surface area contributed by atoms with E-state index in [4.69, 9.17) is 4.74 Å². The molecule has 0 saturated carbocycles. The van der Waals surface area contributed by atoms with E-state index in [0.29, 0.717) is 36.2 Å². The predicted molar refractivity (Wildman–Crippen MR) is 251 cm³/mol. The van der Waals surface area contributed by atoms with Crippen LogP contribution in [0.5, 0.6) is 0 Å². The Hall–Kier alpha value is -1.95. The monoisotopic (exact) mass is 848 g/mol. The molecule has 6 heterocycles. The molecular weight excluding hydrogens is 751 g/mol. The maximum atomic E-state index is 12.2. The Bertz CT molecular complexity index is 1160. The lowest BCUT2D eigenvalue weighted by Crippen LogP contribution is -2.56. The van der Waals surface area contributed by atoms with Crippen LogP contribution in [0.3, 0.4) is 0 Å². The third-order valence-electron chi connectivity index (χ3n) is 14.4. The molecule has 60 heavy (non-hydrogen) atoms. The summed E-state index contributed by atoms with van der Waals surface area (Å²) >= 11 is 0. The van der Waals surface area contributed by atoms with E-state index in [0.717, 1.165) is 153 Å². The average Bonchev–Trinajstić information content (AvgIpc) is 3.20. The van der Waals surface area contributed by atoms with E-state index in [2.05, 4.69) is 94.0 Å². The fourth-order valence-electron chi connectivity index (χ4n) is 8.90. The van der Waals surface area contributed by atoms with Crippen LogP contribution in [0.15, 0.2) is 0 Å². The number of hydrogen-bond donors (Lipinski definition) is 0. The molecule has 0 N–H and O–H groups in total. The van der Waals surface area contributed by atoms with Crippen molar-refractivity contribution in [3.05, 3.63) is 0 Å². The Morgan fingerprint density at radius 1 is 0.533 bits per heavy atom. The molecule has 6 aliphatic heterocycles. The Labute approximate surface area is 370 Å². The summed E-state index contributed by atoms with van der Waals surface area (Å²) in [5, 5.41) is 0. The summed E-state index contributed by atoms with van der Waals surface area (Å²) in [5.41, 5.74) is 0. The largest absolute Gasteiger partial charge is 0.446 e. The summed E-state index contributed by atoms with van der Waals surface area (Å²) in [7, 11) is 4.29. The van der Waals surface area contributed by atoms with Crippen LogP contribution in [-0.2, 0) is 14.3 Å². The molecule has 1 unspecified atom stereocenters. The molecular formula is C49H97N7O4. The van der Waals surface area contributed by atoms with E-state index >= 15 is 0 Å². The number of carbonyl (C=O) groups excluding carboxylic acids is 3. The molecule has 6 saturated heterocycles. The SMILES string of the molecule is CC.CC.CC(C)C1CCN(C(=O)OC2CCN(C)CC2)CC1.CC(C)C1CN(C(=O)CC2CCN(C)CC2)C1.CCC(C)N1CCN(CC(=O)N2CC(C(C)C)C2)CC1. The van der Waals surface area contributed by atoms with Crippen LogP contribution in [0.2, 0.25) is 0 Å². The van der Waals surface area contributed by atoms with E-state index in [1.807, 2.05) is 37.5 Å². The highest BCUT2D eigenvalue weighted by Crippen LogP contribution is 2.28. The van der Waals surface area contributed by atoms with Gasteiger partial charge in [0.1, 0.15) is 6.10 Å². The molecule has 11 nitrogen and oxygen atoms in total. The van der Waals surface area contributed by atoms with Gasteiger partial charge in [0, 0.05) is 91.0 Å². The lowest BCUT2D eigenvalue weighted by molar-refractivity contribution is -0.140. The highest BCUT2D eigenvalue weighted by molar-refractivity contribution is 5.79. The molecule has 0 bridgehead atoms. The molecule has 3 amide bonds. The zero-order chi connectivity index (χ0) is 44.9. The van der Waals surface area contributed by atoms with Gasteiger partial charge >= 0.3 is 6.09 Å². The molecule has 1 atom stereocenters. The number of carbonyl (C=O) groups is 3. The van der Waals surface area contributed by atoms with Crippen LogP contribution in [0.4, 0.5) is 4.79 Å². The molecule has 6 aliphatic rings. The van der Waals surface area contributed by atoms with Crippen molar-refractivity contribution in [1.82, 2.24) is 34.3 Å². The first-order valence-corrected chi connectivity index (χ1v) is 25.0. The van der Waals surface area contributed by atoms with Gasteiger partial charge in [-0.3, -0.25) is 19.4 Å². The number of piperidine rings is 3. The first kappa shape index (κ1) is 54.2. The van der Waals surface area contributed by atoms with Crippen LogP contribution in [0, 0.1) is 41.4 Å². The summed E-state index contributed by atoms with van der Waals surface area (Å²) in [5.74, 6) is 5.77. The Kier molecular flexibility index (Phi) is 25.9. The second kappa shape index (κ2) is 28.7. The summed E-state index contributed by atoms with van der Waals surface area (Å²) in [6.45, 7) is 41.1. The standard InChI is InChI=1S/C16H31N3O.C15H28N2O2.C14H26N2O.2C2H6/c1-5-14(4)18-8-6-17(7-9-18)12-16(20)19-10-15(11-19)13(2)3;1-12(2)13-4-10-17(11-5-13)15(18)19-14-6-8-16(3)9-7-14;1-11(2)13-9-16(10-13)14(17)8-12-4-6-15(3)7-5-12;2*1-2/h13-15H,5-12H2,1-4H3;12-14H,4-11H2,1-3H3;11-13H,4-10H2,1-3H3;2*1-2H3. The zero-order valence-electron chi connectivity index (χ0n) is 41.7. The second-order valence-corrected chi connectivity index (χ2v) is 19.6. The fourth-order valence-corrected chi connectivity index (χ4v) is 8.90. The Morgan fingerprint density at radius 2 is 0.967 bits per heavy atom. The Morgan fingerprint density at radius 3 is 1.40 bits per heavy atom. The number of ether oxygens (including phenoxy) is 1. The van der Waals surface area contributed by atoms with Crippen LogP contribution in [-0.4, -0.2) is 177 Å². The summed E-state index contributed by atoms with van der Waals surface area (Å²) < 4.78 is 5.64. The minimum absolute atomic E-state index is 0.0863. The van der Waals surface area contributed by atoms with E-state index < -0.39 is 0 Å². The van der Waals surface area contributed by atoms with Crippen molar-refractivity contribution in [1.29, 1.82) is 0 Å². The third-order valence-corrected chi connectivity index (χ3v) is 14.4. The van der Waals surface area contributed by atoms with Crippen molar-refractivity contribution in [2.24, 2.45) is 41.4 Å². The van der Waals surface area contributed by atoms with E-state index in [-0.39, 0.29) is 12.2 Å². The molecule has 6 rings (SSSR count). The fraction of sp³-hybridized carbons (Fsp3) is 0.939. The lowest BCUT2D eigenvalue weighted by Gasteiger charge is -2.43. The van der Waals surface area contributed by atoms with Crippen molar-refractivity contribution in [2.45, 2.75) is 147 Å². The summed E-state index contributed by atoms with van der Waals surface area (Å²) in [6.07, 6.45) is 8.65. The van der Waals surface area contributed by atoms with Gasteiger partial charge < -0.3 is 29.2 Å². The average molecular weight is 848 g/mol. The van der Waals surface area contributed by atoms with Crippen molar-refractivity contribution in [3.8, 4) is 0 Å². The molecule has 11 heteroatoms. The molecule has 0 aromatic rings. The van der Waals surface area contributed by atoms with E-state index in [9.17, 15) is 14.4 Å². The molecule has 0 aromatic heterocycles. The summed E-state index contributed by atoms with van der Waals surface area (Å²) in [4.78, 5) is 51.9. The quantitative estimate of drug-likeness (QED) is 0.219. The van der Waals surface area contributed by atoms with E-state index in [1.165, 1.54) is 19.3 Å². The zero-order valence-corrected chi connectivity index (χ0v) is 41.7. The molecule has 6 fully saturated rings. The van der Waals surface area contributed by atoms with Crippen molar-refractivity contribution in [3.63, 3.8) is 0 Å². The number of hydrogen-bond acceptors (Lipinski definition) is 8. The smallest absolute Gasteiger partial charge is 0.410 e. The van der Waals surface area contributed by atoms with E-state index in [1.54, 1.807) is 0 Å². The lowest BCUT2D eigenvalue weighted by atomic mass is 9.87. The molecule has 352 valence electrons. The normalized spacial score (nSPS) is 22.6. The molecule has 0 spiro atoms. The molecule has 0 aromatic carbocycles. The predicted octanol–water partition coefficient (Wildman–Crippen LogP) is 7.99. The van der Waals surface area contributed by atoms with Gasteiger partial charge in [0.25, 0.3) is 0 Å². The van der Waals surface area contributed by atoms with Crippen molar-refractivity contribution in [2.75, 3.05) is 112 Å². The number of piperazine rings is 1. The molecule has 0 aliphatic carbocycles. The van der Waals surface area contributed by atoms with Gasteiger partial charge in [-0.1, -0.05) is 76.2 Å². The highest BCUT2D eigenvalue weighted by Gasteiger charge is 2.35. The first-order valence-electron chi connectivity index (χ1n) is 25.0. The maximum Gasteiger partial charge on any atom is 0.410 e. The maximum absolute atomic E-state index is 12.2. The van der Waals surface area contributed by atoms with Gasteiger partial charge in [0.15, 0.2) is 0 Å². The second-order valence-electron chi connectivity index (χ2n) is 19.6. The minimum Gasteiger partial charge on any atom is -0.446 e. The van der Waals surface area contributed by atoms with Gasteiger partial charge in [-0.05, 0) is 120 Å². The minimum atomic E-state index is -0.0863. The van der Waals surface area contributed by atoms with Crippen LogP contribution in [0.1, 0.15) is 134 Å². The van der Waals surface area contributed by atoms with Crippen molar-refractivity contribution < 1.29 is 19.1 Å². The van der Waals surface area contributed by atoms with Gasteiger partial charge in [-0.25, -0.2) is 4.79 Å². The molecule has 0 radical (unpaired) electrons. The van der Waals surface area contributed by atoms with Gasteiger partial charge in [-0.2, -0.15) is 0 Å². The van der Waals surface area contributed by atoms with Gasteiger partial charge in [0.2, 0.25) is 11.8 Å². The highest BCUT2D eigenvalue weighted by atomic mass is 16.6. The van der Waals surface area contributed by atoms with Crippen LogP contribution < -0.4 is 0 Å². The topological polar surface area (TPSA) is 83.1 Å². The number of rotatable bonds is 10. The van der Waals surface area contributed by atoms with Gasteiger partial charge in [-0.15, -0.1) is 0 Å². The number of nitrogens with zero attached hydrogens (tertiary/aromatic N) is 7. The van der Waals surface area contributed by atoms with Gasteiger partial charge in [0.05, 0.1) is 6.54 Å². The number of likely N-dealkylation sites (tertiary alicyclic amines) is 5. The summed E-state index contributed by atoms with van der Waals surface area (Å²) in [6, 6.07) is 0.676. The number of amides is 3. The first-order chi connectivity index (χ1) is 28.6. The van der Waals surface area contributed by atoms with Crippen LogP contribution in [0.25, 0.3) is 0 Å². The van der Waals surface area contributed by atoms with Crippen LogP contribution >= 0.6 is 0 Å².